The van der Waals surface area contributed by atoms with Gasteiger partial charge >= 0.3 is 0 Å². The van der Waals surface area contributed by atoms with Crippen LogP contribution in [0.25, 0.3) is 0 Å². The number of hydrogen-bond donors (Lipinski definition) is 1. The normalized spacial score (nSPS) is 13.2. The van der Waals surface area contributed by atoms with Gasteiger partial charge < -0.3 is 5.73 Å². The molecule has 0 radical (unpaired) electrons. The van der Waals surface area contributed by atoms with E-state index in [2.05, 4.69) is 32.3 Å². The van der Waals surface area contributed by atoms with Crippen molar-refractivity contribution in [2.45, 2.75) is 33.6 Å². The molecule has 1 atom stereocenters. The van der Waals surface area contributed by atoms with Gasteiger partial charge in [0.25, 0.3) is 0 Å². The highest BCUT2D eigenvalue weighted by Gasteiger charge is 2.03. The second-order valence-corrected chi connectivity index (χ2v) is 4.31. The largest absolute Gasteiger partial charge is 0.330 e. The molecular formula is C12H26N2. The first-order valence-electron chi connectivity index (χ1n) is 5.66. The van der Waals surface area contributed by atoms with Crippen molar-refractivity contribution in [3.8, 4) is 0 Å². The SMILES string of the molecule is C=C(C)CN(CC)CCCC(C)CN. The Morgan fingerprint density at radius 1 is 1.50 bits per heavy atom. The van der Waals surface area contributed by atoms with Crippen LogP contribution < -0.4 is 5.73 Å². The number of nitrogens with two attached hydrogens (primary N) is 1. The van der Waals surface area contributed by atoms with Crippen LogP contribution in [0.4, 0.5) is 0 Å². The lowest BCUT2D eigenvalue weighted by molar-refractivity contribution is 0.296. The van der Waals surface area contributed by atoms with E-state index < -0.39 is 0 Å². The van der Waals surface area contributed by atoms with Crippen molar-refractivity contribution in [3.05, 3.63) is 12.2 Å². The van der Waals surface area contributed by atoms with E-state index >= 15 is 0 Å². The standard InChI is InChI=1S/C12H26N2/c1-5-14(10-11(2)3)8-6-7-12(4)9-13/h12H,2,5-10,13H2,1,3-4H3. The second kappa shape index (κ2) is 8.01. The van der Waals surface area contributed by atoms with Gasteiger partial charge in [0, 0.05) is 6.54 Å². The Bertz CT molecular complexity index is 154. The van der Waals surface area contributed by atoms with Gasteiger partial charge in [-0.15, -0.1) is 0 Å². The van der Waals surface area contributed by atoms with E-state index in [0.717, 1.165) is 19.6 Å². The third-order valence-electron chi connectivity index (χ3n) is 2.51. The summed E-state index contributed by atoms with van der Waals surface area (Å²) >= 11 is 0. The van der Waals surface area contributed by atoms with Gasteiger partial charge in [0.05, 0.1) is 0 Å². The molecule has 0 bridgehead atoms. The summed E-state index contributed by atoms with van der Waals surface area (Å²) in [5.41, 5.74) is 6.82. The van der Waals surface area contributed by atoms with Crippen molar-refractivity contribution in [1.82, 2.24) is 4.90 Å². The first-order valence-corrected chi connectivity index (χ1v) is 5.66. The minimum atomic E-state index is 0.665. The molecule has 2 nitrogen and oxygen atoms in total. The molecule has 1 unspecified atom stereocenters. The first-order chi connectivity index (χ1) is 6.60. The second-order valence-electron chi connectivity index (χ2n) is 4.31. The quantitative estimate of drug-likeness (QED) is 0.606. The van der Waals surface area contributed by atoms with Crippen LogP contribution in [0.15, 0.2) is 12.2 Å². The van der Waals surface area contributed by atoms with Crippen LogP contribution in [0.5, 0.6) is 0 Å². The van der Waals surface area contributed by atoms with E-state index in [4.69, 9.17) is 5.73 Å². The summed E-state index contributed by atoms with van der Waals surface area (Å²) < 4.78 is 0. The summed E-state index contributed by atoms with van der Waals surface area (Å²) in [4.78, 5) is 2.44. The van der Waals surface area contributed by atoms with Crippen LogP contribution in [0.1, 0.15) is 33.6 Å². The minimum absolute atomic E-state index is 0.665. The average molecular weight is 198 g/mol. The number of rotatable bonds is 8. The van der Waals surface area contributed by atoms with Crippen LogP contribution in [-0.2, 0) is 0 Å². The Kier molecular flexibility index (Phi) is 7.81. The molecule has 84 valence electrons. The lowest BCUT2D eigenvalue weighted by Gasteiger charge is -2.21. The fraction of sp³-hybridized carbons (Fsp3) is 0.833. The lowest BCUT2D eigenvalue weighted by Crippen LogP contribution is -2.26. The van der Waals surface area contributed by atoms with E-state index in [1.54, 1.807) is 0 Å². The van der Waals surface area contributed by atoms with Crippen molar-refractivity contribution in [2.24, 2.45) is 11.7 Å². The van der Waals surface area contributed by atoms with Gasteiger partial charge in [-0.2, -0.15) is 0 Å². The maximum atomic E-state index is 5.57. The summed E-state index contributed by atoms with van der Waals surface area (Å²) in [5.74, 6) is 0.665. The molecule has 0 spiro atoms. The Morgan fingerprint density at radius 2 is 2.14 bits per heavy atom. The molecule has 0 aromatic heterocycles. The number of hydrogen-bond acceptors (Lipinski definition) is 2. The summed E-state index contributed by atoms with van der Waals surface area (Å²) in [7, 11) is 0. The zero-order chi connectivity index (χ0) is 11.0. The Morgan fingerprint density at radius 3 is 2.57 bits per heavy atom. The van der Waals surface area contributed by atoms with Crippen molar-refractivity contribution in [2.75, 3.05) is 26.2 Å². The molecule has 0 fully saturated rings. The van der Waals surface area contributed by atoms with Crippen molar-refractivity contribution in [3.63, 3.8) is 0 Å². The van der Waals surface area contributed by atoms with E-state index in [9.17, 15) is 0 Å². The van der Waals surface area contributed by atoms with E-state index in [-0.39, 0.29) is 0 Å². The molecule has 0 saturated carbocycles. The molecule has 0 aliphatic heterocycles. The van der Waals surface area contributed by atoms with Gasteiger partial charge in [0.1, 0.15) is 0 Å². The summed E-state index contributed by atoms with van der Waals surface area (Å²) in [6.07, 6.45) is 2.49. The molecule has 0 aliphatic rings. The highest BCUT2D eigenvalue weighted by molar-refractivity contribution is 4.91. The molecule has 0 aliphatic carbocycles. The van der Waals surface area contributed by atoms with E-state index in [1.807, 2.05) is 0 Å². The fourth-order valence-electron chi connectivity index (χ4n) is 1.51. The lowest BCUT2D eigenvalue weighted by atomic mass is 10.1. The van der Waals surface area contributed by atoms with Crippen LogP contribution in [0, 0.1) is 5.92 Å². The zero-order valence-corrected chi connectivity index (χ0v) is 10.1. The molecule has 0 amide bonds. The highest BCUT2D eigenvalue weighted by atomic mass is 15.1. The van der Waals surface area contributed by atoms with Crippen LogP contribution in [-0.4, -0.2) is 31.1 Å². The molecule has 0 aromatic rings. The average Bonchev–Trinajstić information content (AvgIpc) is 2.15. The molecular weight excluding hydrogens is 172 g/mol. The maximum Gasteiger partial charge on any atom is 0.0187 e. The third-order valence-corrected chi connectivity index (χ3v) is 2.51. The highest BCUT2D eigenvalue weighted by Crippen LogP contribution is 2.05. The van der Waals surface area contributed by atoms with Gasteiger partial charge in [0.15, 0.2) is 0 Å². The van der Waals surface area contributed by atoms with Crippen LogP contribution >= 0.6 is 0 Å². The molecule has 0 rings (SSSR count). The van der Waals surface area contributed by atoms with E-state index in [0.29, 0.717) is 5.92 Å². The van der Waals surface area contributed by atoms with Gasteiger partial charge in [-0.25, -0.2) is 0 Å². The zero-order valence-electron chi connectivity index (χ0n) is 10.1. The molecule has 0 saturated heterocycles. The number of likely N-dealkylation sites (N-methyl/N-ethyl adjacent to an activating group) is 1. The smallest absolute Gasteiger partial charge is 0.0187 e. The van der Waals surface area contributed by atoms with Crippen LogP contribution in [0.3, 0.4) is 0 Å². The predicted octanol–water partition coefficient (Wildman–Crippen LogP) is 2.26. The summed E-state index contributed by atoms with van der Waals surface area (Å²) in [5, 5.41) is 0. The van der Waals surface area contributed by atoms with Gasteiger partial charge in [0.2, 0.25) is 0 Å². The van der Waals surface area contributed by atoms with Gasteiger partial charge in [-0.05, 0) is 45.3 Å². The summed E-state index contributed by atoms with van der Waals surface area (Å²) in [6.45, 7) is 14.6. The van der Waals surface area contributed by atoms with Crippen LogP contribution in [0.2, 0.25) is 0 Å². The first kappa shape index (κ1) is 13.7. The summed E-state index contributed by atoms with van der Waals surface area (Å²) in [6, 6.07) is 0. The molecule has 2 heteroatoms. The molecule has 0 aromatic carbocycles. The molecule has 0 heterocycles. The van der Waals surface area contributed by atoms with Gasteiger partial charge in [-0.3, -0.25) is 4.90 Å². The monoisotopic (exact) mass is 198 g/mol. The van der Waals surface area contributed by atoms with Gasteiger partial charge in [-0.1, -0.05) is 26.0 Å². The van der Waals surface area contributed by atoms with Crippen molar-refractivity contribution >= 4 is 0 Å². The Balaban J connectivity index is 3.57. The fourth-order valence-corrected chi connectivity index (χ4v) is 1.51. The Labute approximate surface area is 89.2 Å². The Hall–Kier alpha value is -0.340. The number of nitrogens with zero attached hydrogens (tertiary/aromatic N) is 1. The predicted molar refractivity (Wildman–Crippen MR) is 64.4 cm³/mol. The van der Waals surface area contributed by atoms with E-state index in [1.165, 1.54) is 25.0 Å². The third kappa shape index (κ3) is 7.10. The maximum absolute atomic E-state index is 5.57. The molecule has 2 N–H and O–H groups in total. The van der Waals surface area contributed by atoms with Crippen molar-refractivity contribution in [1.29, 1.82) is 0 Å². The topological polar surface area (TPSA) is 29.3 Å². The van der Waals surface area contributed by atoms with Crippen molar-refractivity contribution < 1.29 is 0 Å². The minimum Gasteiger partial charge on any atom is -0.330 e. The molecule has 14 heavy (non-hydrogen) atoms.